The molecule has 0 aromatic rings. The molecular formula is C66H101N9O31. The molecule has 0 radical (unpaired) electrons. The Balaban J connectivity index is 1.68. The maximum atomic E-state index is 15.3. The summed E-state index contributed by atoms with van der Waals surface area (Å²) in [6.07, 6.45) is -25.3. The number of rotatable bonds is 31. The second-order valence-electron chi connectivity index (χ2n) is 26.9. The van der Waals surface area contributed by atoms with Crippen molar-refractivity contribution in [2.75, 3.05) is 46.6 Å². The number of esters is 7. The van der Waals surface area contributed by atoms with Crippen LogP contribution in [-0.2, 0) is 143 Å². The lowest BCUT2D eigenvalue weighted by atomic mass is 9.94. The Morgan fingerprint density at radius 3 is 1.48 bits per heavy atom. The third kappa shape index (κ3) is 25.4. The molecule has 9 amide bonds. The maximum absolute atomic E-state index is 15.3. The van der Waals surface area contributed by atoms with Crippen LogP contribution >= 0.6 is 0 Å². The van der Waals surface area contributed by atoms with Crippen LogP contribution in [0.4, 0.5) is 0 Å². The van der Waals surface area contributed by atoms with E-state index >= 15 is 4.79 Å². The summed E-state index contributed by atoms with van der Waals surface area (Å²) in [5, 5.41) is 30.6. The molecule has 5 heterocycles. The first-order valence-electron chi connectivity index (χ1n) is 34.4. The summed E-state index contributed by atoms with van der Waals surface area (Å²) in [5.74, 6) is -14.0. The van der Waals surface area contributed by atoms with Crippen LogP contribution in [0.2, 0.25) is 0 Å². The fraction of sp³-hybridized carbons (Fsp3) is 0.758. The lowest BCUT2D eigenvalue weighted by molar-refractivity contribution is -0.353. The van der Waals surface area contributed by atoms with Crippen LogP contribution in [0.15, 0.2) is 0 Å². The van der Waals surface area contributed by atoms with Gasteiger partial charge in [0, 0.05) is 89.4 Å². The first kappa shape index (κ1) is 87.8. The van der Waals surface area contributed by atoms with E-state index in [4.69, 9.17) is 66.3 Å². The number of aliphatic hydroxyl groups excluding tert-OH is 1. The van der Waals surface area contributed by atoms with Gasteiger partial charge in [-0.3, -0.25) is 76.7 Å². The fourth-order valence-electron chi connectivity index (χ4n) is 12.5. The van der Waals surface area contributed by atoms with Gasteiger partial charge in [0.15, 0.2) is 49.4 Å². The Morgan fingerprint density at radius 1 is 0.491 bits per heavy atom. The standard InChI is InChI=1S/C66H101N9O31/c1-28(57(87)67-17)68-59(89)42-20-18-22-74(42)62(92)43-21-19-23-75(43)61(91)29(2)69-60(90)47(73-58(88)41(70-31(4)76)24-96-66(14,15)16)30(3)97-64-48(71-32(5)77)53(106-65-56(102-40(13)85)55(101-39(12)84)52(99-37(10)82)46(105-65)27-94-35(8)80)50(86)44(103-64)25-95-63-49(72-33(6)78)54(100-38(11)83)51(98-36(9)81)45(104-63)26-93-34(7)79/h28-30,41-56,63-65,86H,18-27H2,1-17H3,(H,67,87)(H,68,89)(H,69,90)(H,70,76)(H,71,77)(H,72,78)(H,73,88)/t28?,29?,30?,41?,42?,43?,44?,45?,46?,47?,48?,49?,50-,51+,52-,53+,54+,55-,56?,63+,64-,65-/m0/s1. The SMILES string of the molecule is CNC(=O)C(C)NC(=O)C1CCCN1C(=O)C1CCCN1C(=O)C(C)NC(=O)C(NC(=O)C(COC(C)(C)C)NC(C)=O)C(C)O[C@H]1OC(CO[C@@H]2OC(COC(C)=O)[C@@H](OC(C)=O)[C@H](OC(C)=O)C2NC(C)=O)[C@H](O)[C@H](O[C@@H]2OC(COC(C)=O)[C@H](OC(C)=O)[C@H](OC(C)=O)C2OC(C)=O)C1NC(C)=O. The summed E-state index contributed by atoms with van der Waals surface area (Å²) in [6.45, 7) is 16.1. The van der Waals surface area contributed by atoms with E-state index in [0.717, 1.165) is 69.2 Å². The number of carbonyl (C=O) groups is 16. The molecule has 5 fully saturated rings. The molecule has 13 unspecified atom stereocenters. The molecule has 40 heteroatoms. The van der Waals surface area contributed by atoms with Gasteiger partial charge in [-0.2, -0.15) is 0 Å². The number of hydrogen-bond donors (Lipinski definition) is 8. The monoisotopic (exact) mass is 1520 g/mol. The van der Waals surface area contributed by atoms with Crippen molar-refractivity contribution in [3.05, 3.63) is 0 Å². The van der Waals surface area contributed by atoms with Crippen LogP contribution in [0.1, 0.15) is 136 Å². The predicted molar refractivity (Wildman–Crippen MR) is 354 cm³/mol. The number of carbonyl (C=O) groups excluding carboxylic acids is 16. The van der Waals surface area contributed by atoms with E-state index in [-0.39, 0.29) is 25.9 Å². The summed E-state index contributed by atoms with van der Waals surface area (Å²) >= 11 is 0. The van der Waals surface area contributed by atoms with Crippen LogP contribution in [0.25, 0.3) is 0 Å². The quantitative estimate of drug-likeness (QED) is 0.0240. The van der Waals surface area contributed by atoms with Crippen LogP contribution in [0.5, 0.6) is 0 Å². The highest BCUT2D eigenvalue weighted by atomic mass is 16.8. The molecule has 0 bridgehead atoms. The molecule has 5 aliphatic heterocycles. The molecule has 5 rings (SSSR count). The third-order valence-corrected chi connectivity index (χ3v) is 16.9. The molecule has 0 aliphatic carbocycles. The fourth-order valence-corrected chi connectivity index (χ4v) is 12.5. The zero-order valence-electron chi connectivity index (χ0n) is 62.4. The lowest BCUT2D eigenvalue weighted by Crippen LogP contribution is -2.70. The van der Waals surface area contributed by atoms with Gasteiger partial charge in [-0.05, 0) is 67.2 Å². The Bertz CT molecular complexity index is 3210. The highest BCUT2D eigenvalue weighted by Gasteiger charge is 2.58. The zero-order chi connectivity index (χ0) is 79.5. The maximum Gasteiger partial charge on any atom is 0.303 e. The number of likely N-dealkylation sites (N-methyl/N-ethyl adjacent to an activating group) is 1. The first-order valence-corrected chi connectivity index (χ1v) is 34.4. The Hall–Kier alpha value is -8.80. The van der Waals surface area contributed by atoms with Gasteiger partial charge in [0.2, 0.25) is 53.2 Å². The number of nitrogens with zero attached hydrogens (tertiary/aromatic N) is 2. The van der Waals surface area contributed by atoms with E-state index in [2.05, 4.69) is 37.2 Å². The molecule has 0 spiro atoms. The average Bonchev–Trinajstić information content (AvgIpc) is 1.06. The highest BCUT2D eigenvalue weighted by Crippen LogP contribution is 2.36. The van der Waals surface area contributed by atoms with Gasteiger partial charge in [-0.25, -0.2) is 0 Å². The summed E-state index contributed by atoms with van der Waals surface area (Å²) in [7, 11) is 1.39. The van der Waals surface area contributed by atoms with Gasteiger partial charge < -0.3 is 118 Å². The lowest BCUT2D eigenvalue weighted by Gasteiger charge is -2.49. The van der Waals surface area contributed by atoms with Crippen molar-refractivity contribution in [1.29, 1.82) is 0 Å². The number of aliphatic hydroxyl groups is 1. The molecule has 106 heavy (non-hydrogen) atoms. The highest BCUT2D eigenvalue weighted by molar-refractivity contribution is 5.97. The number of ether oxygens (including phenoxy) is 14. The van der Waals surface area contributed by atoms with E-state index in [1.54, 1.807) is 20.8 Å². The molecule has 0 aromatic carbocycles. The van der Waals surface area contributed by atoms with Gasteiger partial charge in [-0.15, -0.1) is 0 Å². The number of hydrogen-bond acceptors (Lipinski definition) is 31. The van der Waals surface area contributed by atoms with Crippen LogP contribution in [0.3, 0.4) is 0 Å². The summed E-state index contributed by atoms with van der Waals surface area (Å²) in [4.78, 5) is 216. The van der Waals surface area contributed by atoms with Gasteiger partial charge >= 0.3 is 41.8 Å². The van der Waals surface area contributed by atoms with E-state index in [9.17, 15) is 77.0 Å². The summed E-state index contributed by atoms with van der Waals surface area (Å²) in [5.41, 5.74) is -0.922. The van der Waals surface area contributed by atoms with Crippen LogP contribution in [-0.4, -0.2) is 296 Å². The van der Waals surface area contributed by atoms with Crippen molar-refractivity contribution < 1.29 is 148 Å². The molecule has 0 saturated carbocycles. The smallest absolute Gasteiger partial charge is 0.303 e. The number of amides is 9. The van der Waals surface area contributed by atoms with Crippen molar-refractivity contribution in [3.8, 4) is 0 Å². The Labute approximate surface area is 611 Å². The molecule has 5 saturated heterocycles. The van der Waals surface area contributed by atoms with Gasteiger partial charge in [0.25, 0.3) is 0 Å². The van der Waals surface area contributed by atoms with Gasteiger partial charge in [-0.1, -0.05) is 0 Å². The third-order valence-electron chi connectivity index (χ3n) is 16.9. The van der Waals surface area contributed by atoms with E-state index < -0.39 is 261 Å². The number of nitrogens with one attached hydrogen (secondary N) is 7. The summed E-state index contributed by atoms with van der Waals surface area (Å²) in [6, 6.07) is -11.8. The Kier molecular flexibility index (Phi) is 32.9. The van der Waals surface area contributed by atoms with Gasteiger partial charge in [0.1, 0.15) is 92.1 Å². The normalized spacial score (nSPS) is 28.5. The van der Waals surface area contributed by atoms with Crippen molar-refractivity contribution in [2.24, 2.45) is 0 Å². The largest absolute Gasteiger partial charge is 0.463 e. The van der Waals surface area contributed by atoms with Crippen molar-refractivity contribution in [3.63, 3.8) is 0 Å². The molecule has 22 atom stereocenters. The molecule has 8 N–H and O–H groups in total. The van der Waals surface area contributed by atoms with E-state index in [1.165, 1.54) is 37.6 Å². The van der Waals surface area contributed by atoms with Gasteiger partial charge in [0.05, 0.1) is 24.9 Å². The topological polar surface area (TPSA) is 513 Å². The van der Waals surface area contributed by atoms with E-state index in [1.807, 2.05) is 0 Å². The predicted octanol–water partition coefficient (Wildman–Crippen LogP) is -4.34. The molecule has 40 nitrogen and oxygen atoms in total. The van der Waals surface area contributed by atoms with Crippen molar-refractivity contribution in [2.45, 2.75) is 276 Å². The molecule has 0 aromatic heterocycles. The van der Waals surface area contributed by atoms with Crippen molar-refractivity contribution >= 4 is 94.9 Å². The number of likely N-dealkylation sites (tertiary alicyclic amines) is 2. The first-order chi connectivity index (χ1) is 49.5. The average molecular weight is 1520 g/mol. The minimum absolute atomic E-state index is 0.0119. The zero-order valence-corrected chi connectivity index (χ0v) is 62.4. The second kappa shape index (κ2) is 39.7. The van der Waals surface area contributed by atoms with E-state index in [0.29, 0.717) is 12.8 Å². The summed E-state index contributed by atoms with van der Waals surface area (Å²) < 4.78 is 82.9. The molecular weight excluding hydrogens is 1410 g/mol. The Morgan fingerprint density at radius 2 is 0.972 bits per heavy atom. The molecule has 596 valence electrons. The van der Waals surface area contributed by atoms with Crippen molar-refractivity contribution in [1.82, 2.24) is 47.0 Å². The van der Waals surface area contributed by atoms with Crippen LogP contribution in [0, 0.1) is 0 Å². The minimum atomic E-state index is -2.23. The molecule has 5 aliphatic rings. The second-order valence-corrected chi connectivity index (χ2v) is 26.9. The van der Waals surface area contributed by atoms with Crippen LogP contribution < -0.4 is 37.2 Å². The minimum Gasteiger partial charge on any atom is -0.463 e.